The molecule has 0 radical (unpaired) electrons. The Morgan fingerprint density at radius 2 is 2.18 bits per heavy atom. The van der Waals surface area contributed by atoms with Crippen LogP contribution in [0.2, 0.25) is 0 Å². The SMILES string of the molecule is COc1cc(NCCc2ccccn2)ncn1. The van der Waals surface area contributed by atoms with Gasteiger partial charge in [0.2, 0.25) is 5.88 Å². The summed E-state index contributed by atoms with van der Waals surface area (Å²) in [5.41, 5.74) is 1.06. The molecule has 2 aromatic rings. The molecule has 5 heteroatoms. The van der Waals surface area contributed by atoms with E-state index in [0.717, 1.165) is 24.5 Å². The summed E-state index contributed by atoms with van der Waals surface area (Å²) in [6.07, 6.45) is 4.12. The topological polar surface area (TPSA) is 59.9 Å². The first-order valence-corrected chi connectivity index (χ1v) is 5.38. The molecular formula is C12H14N4O. The van der Waals surface area contributed by atoms with Gasteiger partial charge in [0.1, 0.15) is 12.1 Å². The molecule has 2 heterocycles. The van der Waals surface area contributed by atoms with Crippen molar-refractivity contribution in [1.29, 1.82) is 0 Å². The van der Waals surface area contributed by atoms with Gasteiger partial charge in [-0.05, 0) is 12.1 Å². The van der Waals surface area contributed by atoms with E-state index in [4.69, 9.17) is 4.74 Å². The van der Waals surface area contributed by atoms with Crippen molar-refractivity contribution in [3.63, 3.8) is 0 Å². The molecule has 2 aromatic heterocycles. The number of nitrogens with one attached hydrogen (secondary N) is 1. The standard InChI is InChI=1S/C12H14N4O/c1-17-12-8-11(15-9-16-12)14-7-5-10-4-2-3-6-13-10/h2-4,6,8-9H,5,7H2,1H3,(H,14,15,16). The van der Waals surface area contributed by atoms with Crippen molar-refractivity contribution in [1.82, 2.24) is 15.0 Å². The predicted molar refractivity (Wildman–Crippen MR) is 65.0 cm³/mol. The number of rotatable bonds is 5. The van der Waals surface area contributed by atoms with Crippen molar-refractivity contribution in [2.24, 2.45) is 0 Å². The number of aromatic nitrogens is 3. The van der Waals surface area contributed by atoms with E-state index < -0.39 is 0 Å². The molecule has 0 unspecified atom stereocenters. The molecule has 0 saturated carbocycles. The van der Waals surface area contributed by atoms with Gasteiger partial charge in [-0.2, -0.15) is 0 Å². The van der Waals surface area contributed by atoms with Gasteiger partial charge in [-0.15, -0.1) is 0 Å². The van der Waals surface area contributed by atoms with E-state index >= 15 is 0 Å². The zero-order valence-corrected chi connectivity index (χ0v) is 9.63. The van der Waals surface area contributed by atoms with Crippen LogP contribution in [-0.2, 0) is 6.42 Å². The second kappa shape index (κ2) is 5.79. The number of methoxy groups -OCH3 is 1. The van der Waals surface area contributed by atoms with Gasteiger partial charge < -0.3 is 10.1 Å². The van der Waals surface area contributed by atoms with Gasteiger partial charge in [0, 0.05) is 30.9 Å². The number of ether oxygens (including phenoxy) is 1. The fourth-order valence-corrected chi connectivity index (χ4v) is 1.41. The lowest BCUT2D eigenvalue weighted by Gasteiger charge is -2.05. The maximum Gasteiger partial charge on any atom is 0.218 e. The van der Waals surface area contributed by atoms with Gasteiger partial charge >= 0.3 is 0 Å². The summed E-state index contributed by atoms with van der Waals surface area (Å²) in [6, 6.07) is 7.66. The quantitative estimate of drug-likeness (QED) is 0.844. The Balaban J connectivity index is 1.86. The fourth-order valence-electron chi connectivity index (χ4n) is 1.41. The number of hydrogen-bond donors (Lipinski definition) is 1. The van der Waals surface area contributed by atoms with Gasteiger partial charge in [0.05, 0.1) is 7.11 Å². The van der Waals surface area contributed by atoms with Crippen LogP contribution in [-0.4, -0.2) is 28.6 Å². The molecule has 0 aromatic carbocycles. The third-order valence-electron chi connectivity index (χ3n) is 2.26. The minimum atomic E-state index is 0.556. The van der Waals surface area contributed by atoms with Crippen LogP contribution < -0.4 is 10.1 Å². The lowest BCUT2D eigenvalue weighted by atomic mass is 10.3. The summed E-state index contributed by atoms with van der Waals surface area (Å²) in [7, 11) is 1.58. The molecule has 88 valence electrons. The third kappa shape index (κ3) is 3.41. The fraction of sp³-hybridized carbons (Fsp3) is 0.250. The molecular weight excluding hydrogens is 216 g/mol. The maximum atomic E-state index is 5.02. The van der Waals surface area contributed by atoms with Crippen molar-refractivity contribution in [2.45, 2.75) is 6.42 Å². The van der Waals surface area contributed by atoms with Crippen LogP contribution in [0.3, 0.4) is 0 Å². The summed E-state index contributed by atoms with van der Waals surface area (Å²) in [4.78, 5) is 12.3. The molecule has 0 atom stereocenters. The lowest BCUT2D eigenvalue weighted by molar-refractivity contribution is 0.397. The van der Waals surface area contributed by atoms with Gasteiger partial charge in [0.15, 0.2) is 0 Å². The van der Waals surface area contributed by atoms with Crippen LogP contribution in [0.4, 0.5) is 5.82 Å². The minimum absolute atomic E-state index is 0.556. The van der Waals surface area contributed by atoms with Crippen molar-refractivity contribution < 1.29 is 4.74 Å². The maximum absolute atomic E-state index is 5.02. The van der Waals surface area contributed by atoms with E-state index in [1.807, 2.05) is 18.2 Å². The van der Waals surface area contributed by atoms with Crippen LogP contribution >= 0.6 is 0 Å². The molecule has 0 aliphatic carbocycles. The monoisotopic (exact) mass is 230 g/mol. The number of anilines is 1. The van der Waals surface area contributed by atoms with Gasteiger partial charge in [-0.1, -0.05) is 6.07 Å². The van der Waals surface area contributed by atoms with Gasteiger partial charge in [-0.25, -0.2) is 9.97 Å². The molecule has 0 aliphatic heterocycles. The zero-order valence-electron chi connectivity index (χ0n) is 9.63. The van der Waals surface area contributed by atoms with E-state index in [0.29, 0.717) is 5.88 Å². The Labute approximate surface area is 99.9 Å². The molecule has 0 spiro atoms. The van der Waals surface area contributed by atoms with E-state index in [2.05, 4.69) is 20.3 Å². The molecule has 0 fully saturated rings. The average molecular weight is 230 g/mol. The molecule has 5 nitrogen and oxygen atoms in total. The van der Waals surface area contributed by atoms with Crippen molar-refractivity contribution in [3.8, 4) is 5.88 Å². The number of nitrogens with zero attached hydrogens (tertiary/aromatic N) is 3. The highest BCUT2D eigenvalue weighted by molar-refractivity contribution is 5.37. The Morgan fingerprint density at radius 3 is 2.94 bits per heavy atom. The molecule has 1 N–H and O–H groups in total. The normalized spacial score (nSPS) is 9.94. The Bertz CT molecular complexity index is 461. The Hall–Kier alpha value is -2.17. The van der Waals surface area contributed by atoms with Gasteiger partial charge in [-0.3, -0.25) is 4.98 Å². The second-order valence-electron chi connectivity index (χ2n) is 3.44. The predicted octanol–water partition coefficient (Wildman–Crippen LogP) is 1.53. The van der Waals surface area contributed by atoms with E-state index in [9.17, 15) is 0 Å². The Morgan fingerprint density at radius 1 is 1.24 bits per heavy atom. The molecule has 2 rings (SSSR count). The van der Waals surface area contributed by atoms with Crippen molar-refractivity contribution in [3.05, 3.63) is 42.5 Å². The first-order chi connectivity index (χ1) is 8.38. The summed E-state index contributed by atoms with van der Waals surface area (Å²) in [5, 5.41) is 3.20. The largest absolute Gasteiger partial charge is 0.481 e. The first-order valence-electron chi connectivity index (χ1n) is 5.38. The molecule has 0 saturated heterocycles. The van der Waals surface area contributed by atoms with Crippen LogP contribution in [0.25, 0.3) is 0 Å². The Kier molecular flexibility index (Phi) is 3.85. The van der Waals surface area contributed by atoms with Crippen LogP contribution in [0.5, 0.6) is 5.88 Å². The molecule has 17 heavy (non-hydrogen) atoms. The van der Waals surface area contributed by atoms with Crippen LogP contribution in [0, 0.1) is 0 Å². The molecule has 0 amide bonds. The number of hydrogen-bond acceptors (Lipinski definition) is 5. The summed E-state index contributed by atoms with van der Waals surface area (Å²) in [5.74, 6) is 1.31. The summed E-state index contributed by atoms with van der Waals surface area (Å²) in [6.45, 7) is 0.775. The van der Waals surface area contributed by atoms with E-state index in [-0.39, 0.29) is 0 Å². The lowest BCUT2D eigenvalue weighted by Crippen LogP contribution is -2.07. The van der Waals surface area contributed by atoms with E-state index in [1.54, 1.807) is 19.4 Å². The minimum Gasteiger partial charge on any atom is -0.481 e. The highest BCUT2D eigenvalue weighted by Gasteiger charge is 1.98. The van der Waals surface area contributed by atoms with Crippen molar-refractivity contribution in [2.75, 3.05) is 19.0 Å². The van der Waals surface area contributed by atoms with Gasteiger partial charge in [0.25, 0.3) is 0 Å². The van der Waals surface area contributed by atoms with Crippen molar-refractivity contribution >= 4 is 5.82 Å². The first kappa shape index (κ1) is 11.3. The highest BCUT2D eigenvalue weighted by atomic mass is 16.5. The third-order valence-corrected chi connectivity index (χ3v) is 2.26. The highest BCUT2D eigenvalue weighted by Crippen LogP contribution is 2.09. The van der Waals surface area contributed by atoms with Crippen LogP contribution in [0.1, 0.15) is 5.69 Å². The number of pyridine rings is 1. The molecule has 0 bridgehead atoms. The zero-order chi connectivity index (χ0) is 11.9. The molecule has 0 aliphatic rings. The van der Waals surface area contributed by atoms with E-state index in [1.165, 1.54) is 6.33 Å². The summed E-state index contributed by atoms with van der Waals surface area (Å²) < 4.78 is 5.02. The van der Waals surface area contributed by atoms with Crippen LogP contribution in [0.15, 0.2) is 36.8 Å². The smallest absolute Gasteiger partial charge is 0.218 e. The summed E-state index contributed by atoms with van der Waals surface area (Å²) >= 11 is 0. The second-order valence-corrected chi connectivity index (χ2v) is 3.44. The average Bonchev–Trinajstić information content (AvgIpc) is 2.40.